The van der Waals surface area contributed by atoms with Gasteiger partial charge >= 0.3 is 21.7 Å². The average Bonchev–Trinajstić information content (AvgIpc) is 2.63. The Labute approximate surface area is 115 Å². The van der Waals surface area contributed by atoms with E-state index in [2.05, 4.69) is 0 Å². The smallest absolute Gasteiger partial charge is 1.00 e. The molecule has 0 unspecified atom stereocenters. The molecule has 0 aliphatic rings. The first-order valence-corrected chi connectivity index (χ1v) is 3.53. The number of halogens is 4. The van der Waals surface area contributed by atoms with Crippen LogP contribution in [0.5, 0.6) is 0 Å². The van der Waals surface area contributed by atoms with Crippen molar-refractivity contribution < 1.29 is 55.3 Å². The fourth-order valence-corrected chi connectivity index (χ4v) is 0.701. The van der Waals surface area contributed by atoms with Gasteiger partial charge in [-0.1, -0.05) is 0 Å². The molecule has 0 aliphatic carbocycles. The molecule has 0 saturated heterocycles. The minimum absolute atomic E-state index is 0. The summed E-state index contributed by atoms with van der Waals surface area (Å²) in [4.78, 5) is 0. The van der Waals surface area contributed by atoms with Crippen molar-refractivity contribution >= 4 is 0 Å². The van der Waals surface area contributed by atoms with E-state index in [1.165, 1.54) is 24.3 Å². The second-order valence-electron chi connectivity index (χ2n) is 2.21. The number of rotatable bonds is 0. The van der Waals surface area contributed by atoms with E-state index >= 15 is 0 Å². The van der Waals surface area contributed by atoms with Crippen molar-refractivity contribution in [3.8, 4) is 0 Å². The molecule has 2 aromatic carbocycles. The largest absolute Gasteiger partial charge is 4.00 e. The van der Waals surface area contributed by atoms with Crippen LogP contribution in [0.3, 0.4) is 0 Å². The normalized spacial score (nSPS) is 7.07. The van der Waals surface area contributed by atoms with Gasteiger partial charge in [0.25, 0.3) is 0 Å². The summed E-state index contributed by atoms with van der Waals surface area (Å²) in [6.45, 7) is 0. The van der Waals surface area contributed by atoms with E-state index in [1.54, 1.807) is 24.3 Å². The van der Waals surface area contributed by atoms with Crippen LogP contribution in [0.25, 0.3) is 0 Å². The standard InChI is InChI=1S/2C5H4F.2ClH.Ti/c2*6-5-3-1-2-4-5;;;/h2*1-4H;2*1H;/q2*-1;;;+4/p-2. The predicted octanol–water partition coefficient (Wildman–Crippen LogP) is -2.91. The van der Waals surface area contributed by atoms with Gasteiger partial charge in [-0.15, -0.1) is 24.3 Å². The third-order valence-electron chi connectivity index (χ3n) is 1.24. The Kier molecular flexibility index (Phi) is 16.1. The molecule has 0 bridgehead atoms. The van der Waals surface area contributed by atoms with E-state index in [0.29, 0.717) is 0 Å². The van der Waals surface area contributed by atoms with Crippen molar-refractivity contribution in [1.29, 1.82) is 0 Å². The zero-order valence-corrected chi connectivity index (χ0v) is 10.7. The van der Waals surface area contributed by atoms with Crippen LogP contribution >= 0.6 is 0 Å². The first kappa shape index (κ1) is 20.3. The first-order valence-electron chi connectivity index (χ1n) is 3.53. The van der Waals surface area contributed by atoms with E-state index < -0.39 is 0 Å². The zero-order valence-electron chi connectivity index (χ0n) is 7.63. The van der Waals surface area contributed by atoms with Gasteiger partial charge in [-0.05, 0) is 0 Å². The summed E-state index contributed by atoms with van der Waals surface area (Å²) < 4.78 is 23.3. The zero-order chi connectivity index (χ0) is 8.81. The van der Waals surface area contributed by atoms with Crippen molar-refractivity contribution in [3.63, 3.8) is 0 Å². The van der Waals surface area contributed by atoms with Gasteiger partial charge in [-0.3, -0.25) is 8.78 Å². The molecule has 5 heteroatoms. The van der Waals surface area contributed by atoms with E-state index in [-0.39, 0.29) is 58.2 Å². The quantitative estimate of drug-likeness (QED) is 0.360. The Morgan fingerprint density at radius 1 is 0.600 bits per heavy atom. The van der Waals surface area contributed by atoms with Crippen molar-refractivity contribution in [2.75, 3.05) is 0 Å². The number of hydrogen-bond donors (Lipinski definition) is 0. The Bertz CT molecular complexity index is 261. The molecule has 0 radical (unpaired) electrons. The molecule has 0 saturated carbocycles. The first-order chi connectivity index (χ1) is 5.79. The van der Waals surface area contributed by atoms with E-state index in [9.17, 15) is 8.78 Å². The minimum atomic E-state index is -0.157. The Balaban J connectivity index is -0.000000160. The van der Waals surface area contributed by atoms with Gasteiger partial charge in [0.15, 0.2) is 0 Å². The molecule has 2 rings (SSSR count). The summed E-state index contributed by atoms with van der Waals surface area (Å²) in [6.07, 6.45) is 0. The molecule has 0 atom stereocenters. The summed E-state index contributed by atoms with van der Waals surface area (Å²) in [5, 5.41) is 0. The van der Waals surface area contributed by atoms with Crippen LogP contribution < -0.4 is 24.8 Å². The summed E-state index contributed by atoms with van der Waals surface area (Å²) in [5.74, 6) is -0.315. The van der Waals surface area contributed by atoms with E-state index in [4.69, 9.17) is 0 Å². The van der Waals surface area contributed by atoms with E-state index in [0.717, 1.165) is 0 Å². The molecule has 0 fully saturated rings. The summed E-state index contributed by atoms with van der Waals surface area (Å²) in [7, 11) is 0. The molecule has 0 nitrogen and oxygen atoms in total. The van der Waals surface area contributed by atoms with Gasteiger partial charge in [0.1, 0.15) is 0 Å². The number of hydrogen-bond acceptors (Lipinski definition) is 0. The molecule has 0 aromatic heterocycles. The molecule has 80 valence electrons. The molecule has 0 amide bonds. The van der Waals surface area contributed by atoms with Gasteiger partial charge in [-0.2, -0.15) is 0 Å². The molecule has 0 spiro atoms. The second-order valence-corrected chi connectivity index (χ2v) is 2.21. The Morgan fingerprint density at radius 3 is 0.867 bits per heavy atom. The van der Waals surface area contributed by atoms with Crippen LogP contribution in [-0.4, -0.2) is 0 Å². The van der Waals surface area contributed by atoms with Gasteiger partial charge in [-0.25, -0.2) is 24.3 Å². The summed E-state index contributed by atoms with van der Waals surface area (Å²) in [5.41, 5.74) is 0. The van der Waals surface area contributed by atoms with E-state index in [1.807, 2.05) is 0 Å². The van der Waals surface area contributed by atoms with Gasteiger partial charge in [0.2, 0.25) is 0 Å². The second kappa shape index (κ2) is 11.9. The maximum absolute atomic E-state index is 11.7. The Hall–Kier alpha value is -0.146. The fourth-order valence-electron chi connectivity index (χ4n) is 0.701. The van der Waals surface area contributed by atoms with Gasteiger partial charge in [0.05, 0.1) is 0 Å². The third-order valence-corrected chi connectivity index (χ3v) is 1.24. The predicted molar refractivity (Wildman–Crippen MR) is 44.0 cm³/mol. The monoisotopic (exact) mass is 284 g/mol. The van der Waals surface area contributed by atoms with Crippen LogP contribution in [0.4, 0.5) is 8.78 Å². The van der Waals surface area contributed by atoms with Crippen LogP contribution in [0, 0.1) is 11.6 Å². The van der Waals surface area contributed by atoms with Crippen LogP contribution in [0.2, 0.25) is 0 Å². The summed E-state index contributed by atoms with van der Waals surface area (Å²) >= 11 is 0. The molecule has 0 aliphatic heterocycles. The van der Waals surface area contributed by atoms with Crippen molar-refractivity contribution in [2.45, 2.75) is 0 Å². The van der Waals surface area contributed by atoms with Crippen molar-refractivity contribution in [1.82, 2.24) is 0 Å². The van der Waals surface area contributed by atoms with Crippen LogP contribution in [0.15, 0.2) is 48.5 Å². The molecule has 0 heterocycles. The van der Waals surface area contributed by atoms with Gasteiger partial charge < -0.3 is 24.8 Å². The van der Waals surface area contributed by atoms with Crippen molar-refractivity contribution in [3.05, 3.63) is 60.2 Å². The van der Waals surface area contributed by atoms with Crippen LogP contribution in [-0.2, 0) is 21.7 Å². The maximum atomic E-state index is 11.7. The molecule has 15 heavy (non-hydrogen) atoms. The fraction of sp³-hybridized carbons (Fsp3) is 0. The topological polar surface area (TPSA) is 0 Å². The third kappa shape index (κ3) is 10.1. The molecular formula is C10H8Cl2F2Ti. The molecule has 0 N–H and O–H groups in total. The molecule has 2 aromatic rings. The maximum Gasteiger partial charge on any atom is 4.00 e. The minimum Gasteiger partial charge on any atom is -1.00 e. The Morgan fingerprint density at radius 2 is 0.800 bits per heavy atom. The SMILES string of the molecule is F[c-]1cccc1.F[c-]1cccc1.[Cl-].[Cl-].[Ti+4]. The van der Waals surface area contributed by atoms with Crippen molar-refractivity contribution in [2.24, 2.45) is 0 Å². The summed E-state index contributed by atoms with van der Waals surface area (Å²) in [6, 6.07) is 12.3. The van der Waals surface area contributed by atoms with Gasteiger partial charge in [0, 0.05) is 11.6 Å². The van der Waals surface area contributed by atoms with Crippen LogP contribution in [0.1, 0.15) is 0 Å². The molecular weight excluding hydrogens is 277 g/mol. The average molecular weight is 285 g/mol.